The van der Waals surface area contributed by atoms with Crippen molar-refractivity contribution in [3.8, 4) is 0 Å². The van der Waals surface area contributed by atoms with Crippen LogP contribution >= 0.6 is 23.5 Å². The standard InChI is InChI=1S/C25H32ClN3O2S/c1-2-19-3-5-23(6-4-19)29(17-21(14-26)18-30)32-24-7-8-25-22(13-24)15-27-28(25)16-20-9-11-31-12-10-20/h3-8,13,15,20-21,30H,2,9-12,14,16-18H2,1H3. The molecule has 1 atom stereocenters. The Kier molecular flexibility index (Phi) is 8.36. The number of benzene rings is 2. The molecule has 1 N–H and O–H groups in total. The molecule has 32 heavy (non-hydrogen) atoms. The van der Waals surface area contributed by atoms with E-state index in [4.69, 9.17) is 16.3 Å². The van der Waals surface area contributed by atoms with Gasteiger partial charge >= 0.3 is 0 Å². The van der Waals surface area contributed by atoms with Gasteiger partial charge in [-0.05, 0) is 73.0 Å². The van der Waals surface area contributed by atoms with Crippen molar-refractivity contribution >= 4 is 40.1 Å². The van der Waals surface area contributed by atoms with Gasteiger partial charge in [0, 0.05) is 60.7 Å². The highest BCUT2D eigenvalue weighted by Gasteiger charge is 2.18. The topological polar surface area (TPSA) is 50.5 Å². The van der Waals surface area contributed by atoms with Crippen molar-refractivity contribution < 1.29 is 9.84 Å². The lowest BCUT2D eigenvalue weighted by Gasteiger charge is -2.27. The fourth-order valence-electron chi connectivity index (χ4n) is 4.05. The lowest BCUT2D eigenvalue weighted by Crippen LogP contribution is -2.26. The largest absolute Gasteiger partial charge is 0.396 e. The molecule has 1 saturated heterocycles. The van der Waals surface area contributed by atoms with E-state index in [2.05, 4.69) is 63.5 Å². The summed E-state index contributed by atoms with van der Waals surface area (Å²) in [5.41, 5.74) is 3.60. The van der Waals surface area contributed by atoms with Crippen LogP contribution in [0.5, 0.6) is 0 Å². The molecule has 172 valence electrons. The summed E-state index contributed by atoms with van der Waals surface area (Å²) >= 11 is 7.78. The number of aryl methyl sites for hydroxylation is 1. The zero-order chi connectivity index (χ0) is 22.3. The summed E-state index contributed by atoms with van der Waals surface area (Å²) in [4.78, 5) is 1.15. The number of fused-ring (bicyclic) bond motifs is 1. The Morgan fingerprint density at radius 1 is 1.22 bits per heavy atom. The Bertz CT molecular complexity index is 985. The van der Waals surface area contributed by atoms with Gasteiger partial charge in [0.2, 0.25) is 0 Å². The second-order valence-corrected chi connectivity index (χ2v) is 9.88. The van der Waals surface area contributed by atoms with Crippen molar-refractivity contribution in [1.82, 2.24) is 9.78 Å². The van der Waals surface area contributed by atoms with E-state index in [1.807, 2.05) is 6.20 Å². The summed E-state index contributed by atoms with van der Waals surface area (Å²) in [5, 5.41) is 15.5. The number of hydrogen-bond donors (Lipinski definition) is 1. The summed E-state index contributed by atoms with van der Waals surface area (Å²) in [5.74, 6) is 1.08. The van der Waals surface area contributed by atoms with Gasteiger partial charge in [-0.3, -0.25) is 4.68 Å². The van der Waals surface area contributed by atoms with Gasteiger partial charge in [-0.2, -0.15) is 5.10 Å². The summed E-state index contributed by atoms with van der Waals surface area (Å²) in [6.45, 7) is 5.58. The smallest absolute Gasteiger partial charge is 0.0683 e. The summed E-state index contributed by atoms with van der Waals surface area (Å²) in [7, 11) is 0. The molecule has 0 bridgehead atoms. The molecule has 0 amide bonds. The number of hydrogen-bond acceptors (Lipinski definition) is 5. The average molecular weight is 474 g/mol. The minimum absolute atomic E-state index is 0.0148. The van der Waals surface area contributed by atoms with Crippen LogP contribution in [0.1, 0.15) is 25.3 Å². The van der Waals surface area contributed by atoms with Crippen LogP contribution in [0.3, 0.4) is 0 Å². The van der Waals surface area contributed by atoms with Gasteiger partial charge in [-0.15, -0.1) is 11.6 Å². The summed E-state index contributed by atoms with van der Waals surface area (Å²) < 4.78 is 9.86. The van der Waals surface area contributed by atoms with Crippen LogP contribution in [-0.2, 0) is 17.7 Å². The summed E-state index contributed by atoms with van der Waals surface area (Å²) in [6, 6.07) is 15.2. The third-order valence-electron chi connectivity index (χ3n) is 6.13. The van der Waals surface area contributed by atoms with E-state index in [9.17, 15) is 5.11 Å². The van der Waals surface area contributed by atoms with Gasteiger partial charge in [0.05, 0.1) is 11.7 Å². The van der Waals surface area contributed by atoms with E-state index in [0.717, 1.165) is 55.0 Å². The molecule has 0 aliphatic carbocycles. The molecule has 1 fully saturated rings. The first-order chi connectivity index (χ1) is 15.7. The third kappa shape index (κ3) is 5.79. The Morgan fingerprint density at radius 3 is 2.69 bits per heavy atom. The van der Waals surface area contributed by atoms with Crippen LogP contribution < -0.4 is 4.31 Å². The number of alkyl halides is 1. The highest BCUT2D eigenvalue weighted by molar-refractivity contribution is 8.00. The zero-order valence-corrected chi connectivity index (χ0v) is 20.2. The van der Waals surface area contributed by atoms with Crippen molar-refractivity contribution in [2.24, 2.45) is 11.8 Å². The SMILES string of the molecule is CCc1ccc(N(CC(CO)CCl)Sc2ccc3c(cnn3CC3CCOCC3)c2)cc1. The van der Waals surface area contributed by atoms with Gasteiger partial charge in [-0.25, -0.2) is 0 Å². The molecular formula is C25H32ClN3O2S. The van der Waals surface area contributed by atoms with Crippen LogP contribution in [0.25, 0.3) is 10.9 Å². The second-order valence-electron chi connectivity index (χ2n) is 8.48. The minimum Gasteiger partial charge on any atom is -0.396 e. The van der Waals surface area contributed by atoms with Gasteiger partial charge < -0.3 is 14.1 Å². The normalized spacial score (nSPS) is 15.8. The Hall–Kier alpha value is -1.73. The molecule has 1 aliphatic heterocycles. The molecule has 0 saturated carbocycles. The predicted octanol–water partition coefficient (Wildman–Crippen LogP) is 5.39. The first kappa shape index (κ1) is 23.4. The van der Waals surface area contributed by atoms with E-state index < -0.39 is 0 Å². The molecular weight excluding hydrogens is 442 g/mol. The maximum Gasteiger partial charge on any atom is 0.0683 e. The Labute approximate surface area is 199 Å². The fraction of sp³-hybridized carbons (Fsp3) is 0.480. The second kappa shape index (κ2) is 11.4. The van der Waals surface area contributed by atoms with Crippen LogP contribution in [0.4, 0.5) is 5.69 Å². The summed E-state index contributed by atoms with van der Waals surface area (Å²) in [6.07, 6.45) is 5.19. The molecule has 1 aliphatic rings. The number of nitrogens with zero attached hydrogens (tertiary/aromatic N) is 3. The number of aromatic nitrogens is 2. The van der Waals surface area contributed by atoms with Gasteiger partial charge in [0.1, 0.15) is 0 Å². The van der Waals surface area contributed by atoms with Crippen molar-refractivity contribution in [1.29, 1.82) is 0 Å². The first-order valence-corrected chi connectivity index (χ1v) is 12.8. The molecule has 5 nitrogen and oxygen atoms in total. The predicted molar refractivity (Wildman–Crippen MR) is 134 cm³/mol. The van der Waals surface area contributed by atoms with E-state index in [-0.39, 0.29) is 12.5 Å². The molecule has 1 unspecified atom stereocenters. The van der Waals surface area contributed by atoms with Crippen molar-refractivity contribution in [3.63, 3.8) is 0 Å². The van der Waals surface area contributed by atoms with Gasteiger partial charge in [-0.1, -0.05) is 19.1 Å². The maximum absolute atomic E-state index is 9.71. The van der Waals surface area contributed by atoms with Crippen molar-refractivity contribution in [2.75, 3.05) is 36.6 Å². The number of anilines is 1. The lowest BCUT2D eigenvalue weighted by atomic mass is 10.0. The van der Waals surface area contributed by atoms with E-state index in [1.54, 1.807) is 11.9 Å². The number of halogens is 1. The van der Waals surface area contributed by atoms with Crippen LogP contribution in [0, 0.1) is 11.8 Å². The molecule has 4 rings (SSSR count). The number of aliphatic hydroxyl groups is 1. The van der Waals surface area contributed by atoms with Crippen LogP contribution in [0.15, 0.2) is 53.6 Å². The van der Waals surface area contributed by atoms with Crippen LogP contribution in [0.2, 0.25) is 0 Å². The first-order valence-electron chi connectivity index (χ1n) is 11.4. The molecule has 2 aromatic carbocycles. The molecule has 0 spiro atoms. The van der Waals surface area contributed by atoms with Gasteiger partial charge in [0.15, 0.2) is 0 Å². The quantitative estimate of drug-likeness (QED) is 0.316. The molecule has 7 heteroatoms. The van der Waals surface area contributed by atoms with Crippen LogP contribution in [-0.4, -0.2) is 47.1 Å². The monoisotopic (exact) mass is 473 g/mol. The number of rotatable bonds is 10. The minimum atomic E-state index is 0.0148. The zero-order valence-electron chi connectivity index (χ0n) is 18.6. The highest BCUT2D eigenvalue weighted by Crippen LogP contribution is 2.32. The molecule has 0 radical (unpaired) electrons. The van der Waals surface area contributed by atoms with Crippen molar-refractivity contribution in [3.05, 3.63) is 54.2 Å². The average Bonchev–Trinajstić information content (AvgIpc) is 3.24. The Morgan fingerprint density at radius 2 is 2.00 bits per heavy atom. The van der Waals surface area contributed by atoms with E-state index >= 15 is 0 Å². The fourth-order valence-corrected chi connectivity index (χ4v) is 5.32. The Balaban J connectivity index is 1.53. The van der Waals surface area contributed by atoms with Gasteiger partial charge in [0.25, 0.3) is 0 Å². The van der Waals surface area contributed by atoms with Crippen molar-refractivity contribution in [2.45, 2.75) is 37.6 Å². The van der Waals surface area contributed by atoms with E-state index in [0.29, 0.717) is 18.3 Å². The highest BCUT2D eigenvalue weighted by atomic mass is 35.5. The lowest BCUT2D eigenvalue weighted by molar-refractivity contribution is 0.0605. The third-order valence-corrected chi connectivity index (χ3v) is 7.62. The number of ether oxygens (including phenoxy) is 1. The number of aliphatic hydroxyl groups excluding tert-OH is 1. The molecule has 1 aromatic heterocycles. The van der Waals surface area contributed by atoms with E-state index in [1.165, 1.54) is 11.1 Å². The molecule has 2 heterocycles. The molecule has 3 aromatic rings. The maximum atomic E-state index is 9.71.